The second kappa shape index (κ2) is 6.13. The van der Waals surface area contributed by atoms with Crippen LogP contribution in [0.5, 0.6) is 0 Å². The first-order chi connectivity index (χ1) is 11.8. The third kappa shape index (κ3) is 2.67. The lowest BCUT2D eigenvalue weighted by molar-refractivity contribution is -0.151. The van der Waals surface area contributed by atoms with Crippen molar-refractivity contribution >= 4 is 22.9 Å². The summed E-state index contributed by atoms with van der Waals surface area (Å²) < 4.78 is 1.65. The summed E-state index contributed by atoms with van der Waals surface area (Å²) in [6.45, 7) is 3.66. The van der Waals surface area contributed by atoms with E-state index in [1.807, 2.05) is 13.8 Å². The summed E-state index contributed by atoms with van der Waals surface area (Å²) >= 11 is 0. The molecule has 2 heterocycles. The van der Waals surface area contributed by atoms with Gasteiger partial charge >= 0.3 is 5.97 Å². The van der Waals surface area contributed by atoms with E-state index in [4.69, 9.17) is 0 Å². The largest absolute Gasteiger partial charge is 0.479 e. The first-order valence-electron chi connectivity index (χ1n) is 8.60. The minimum Gasteiger partial charge on any atom is -0.479 e. The van der Waals surface area contributed by atoms with E-state index in [1.54, 1.807) is 24.8 Å². The number of nitrogens with zero attached hydrogens (tertiary/aromatic N) is 4. The van der Waals surface area contributed by atoms with Crippen LogP contribution in [0.15, 0.2) is 6.07 Å². The van der Waals surface area contributed by atoms with Crippen molar-refractivity contribution in [1.29, 1.82) is 0 Å². The van der Waals surface area contributed by atoms with Gasteiger partial charge in [0.1, 0.15) is 5.54 Å². The number of aliphatic carboxylic acids is 1. The second-order valence-electron chi connectivity index (χ2n) is 6.98. The third-order valence-electron chi connectivity index (χ3n) is 5.35. The van der Waals surface area contributed by atoms with Crippen LogP contribution in [0, 0.1) is 13.8 Å². The molecule has 0 unspecified atom stereocenters. The van der Waals surface area contributed by atoms with E-state index < -0.39 is 11.5 Å². The van der Waals surface area contributed by atoms with Gasteiger partial charge in [0.05, 0.1) is 16.6 Å². The minimum absolute atomic E-state index is 0.282. The zero-order valence-electron chi connectivity index (χ0n) is 15.2. The summed E-state index contributed by atoms with van der Waals surface area (Å²) in [4.78, 5) is 31.2. The Morgan fingerprint density at radius 3 is 2.48 bits per heavy atom. The number of hydrogen-bond acceptors (Lipinski definition) is 4. The molecule has 3 rings (SSSR count). The van der Waals surface area contributed by atoms with Gasteiger partial charge in [-0.1, -0.05) is 19.3 Å². The maximum Gasteiger partial charge on any atom is 0.329 e. The van der Waals surface area contributed by atoms with E-state index in [0.29, 0.717) is 35.1 Å². The molecule has 25 heavy (non-hydrogen) atoms. The number of amides is 1. The van der Waals surface area contributed by atoms with Gasteiger partial charge in [0.2, 0.25) is 0 Å². The Kier molecular flexibility index (Phi) is 4.26. The molecule has 1 amide bonds. The van der Waals surface area contributed by atoms with Crippen molar-refractivity contribution in [2.45, 2.75) is 51.5 Å². The quantitative estimate of drug-likeness (QED) is 0.924. The zero-order valence-corrected chi connectivity index (χ0v) is 15.2. The predicted molar refractivity (Wildman–Crippen MR) is 93.5 cm³/mol. The van der Waals surface area contributed by atoms with Gasteiger partial charge in [-0.3, -0.25) is 9.48 Å². The predicted octanol–water partition coefficient (Wildman–Crippen LogP) is 2.44. The Morgan fingerprint density at radius 1 is 1.24 bits per heavy atom. The van der Waals surface area contributed by atoms with E-state index >= 15 is 0 Å². The fraction of sp³-hybridized carbons (Fsp3) is 0.556. The maximum atomic E-state index is 13.3. The molecule has 0 spiro atoms. The van der Waals surface area contributed by atoms with Crippen LogP contribution in [-0.2, 0) is 11.8 Å². The van der Waals surface area contributed by atoms with Crippen LogP contribution < -0.4 is 0 Å². The average molecular weight is 344 g/mol. The molecule has 1 N–H and O–H groups in total. The number of carbonyl (C=O) groups excluding carboxylic acids is 1. The lowest BCUT2D eigenvalue weighted by Crippen LogP contribution is -2.56. The van der Waals surface area contributed by atoms with Crippen molar-refractivity contribution in [3.63, 3.8) is 0 Å². The van der Waals surface area contributed by atoms with Gasteiger partial charge < -0.3 is 10.0 Å². The number of carboxylic acids is 1. The highest BCUT2D eigenvalue weighted by Gasteiger charge is 2.46. The summed E-state index contributed by atoms with van der Waals surface area (Å²) in [5, 5.41) is 14.9. The molecule has 0 bridgehead atoms. The molecule has 0 atom stereocenters. The number of aromatic nitrogens is 3. The second-order valence-corrected chi connectivity index (χ2v) is 6.98. The van der Waals surface area contributed by atoms with Crippen molar-refractivity contribution in [2.75, 3.05) is 7.05 Å². The molecule has 0 radical (unpaired) electrons. The van der Waals surface area contributed by atoms with Crippen molar-refractivity contribution in [3.05, 3.63) is 23.0 Å². The molecule has 2 aromatic rings. The highest BCUT2D eigenvalue weighted by molar-refractivity contribution is 6.07. The van der Waals surface area contributed by atoms with E-state index in [0.717, 1.165) is 25.0 Å². The molecular formula is C18H24N4O3. The number of carbonyl (C=O) groups is 2. The van der Waals surface area contributed by atoms with Crippen LogP contribution in [0.3, 0.4) is 0 Å². The molecule has 7 heteroatoms. The molecule has 1 aliphatic rings. The van der Waals surface area contributed by atoms with Crippen LogP contribution in [-0.4, -0.2) is 49.2 Å². The molecule has 1 saturated carbocycles. The van der Waals surface area contributed by atoms with Gasteiger partial charge in [-0.2, -0.15) is 5.10 Å². The minimum atomic E-state index is -1.13. The van der Waals surface area contributed by atoms with Crippen molar-refractivity contribution < 1.29 is 14.7 Å². The number of carboxylic acid groups (broad SMARTS) is 1. The van der Waals surface area contributed by atoms with Crippen molar-refractivity contribution in [1.82, 2.24) is 19.7 Å². The summed E-state index contributed by atoms with van der Waals surface area (Å²) in [5.74, 6) is -1.20. The molecule has 0 aromatic carbocycles. The number of aryl methyl sites for hydroxylation is 3. The summed E-state index contributed by atoms with van der Waals surface area (Å²) in [6, 6.07) is 1.73. The average Bonchev–Trinajstić information content (AvgIpc) is 2.87. The summed E-state index contributed by atoms with van der Waals surface area (Å²) in [5.41, 5.74) is 1.41. The first kappa shape index (κ1) is 17.4. The van der Waals surface area contributed by atoms with Gasteiger partial charge in [-0.15, -0.1) is 0 Å². The normalized spacial score (nSPS) is 16.8. The van der Waals surface area contributed by atoms with Gasteiger partial charge in [0.15, 0.2) is 5.65 Å². The number of hydrogen-bond donors (Lipinski definition) is 1. The van der Waals surface area contributed by atoms with Gasteiger partial charge in [-0.05, 0) is 32.8 Å². The molecule has 7 nitrogen and oxygen atoms in total. The first-order valence-corrected chi connectivity index (χ1v) is 8.60. The standard InChI is InChI=1S/C18H24N4O3/c1-11-10-13(14-12(2)20-22(4)15(14)19-11)16(23)21(3)18(17(24)25)8-6-5-7-9-18/h10H,5-9H2,1-4H3,(H,24,25). The Hall–Kier alpha value is -2.44. The summed E-state index contributed by atoms with van der Waals surface area (Å²) in [7, 11) is 3.40. The van der Waals surface area contributed by atoms with Gasteiger partial charge in [0.25, 0.3) is 5.91 Å². The summed E-state index contributed by atoms with van der Waals surface area (Å²) in [6.07, 6.45) is 3.63. The lowest BCUT2D eigenvalue weighted by atomic mass is 9.80. The Balaban J connectivity index is 2.11. The van der Waals surface area contributed by atoms with Crippen LogP contribution in [0.2, 0.25) is 0 Å². The highest BCUT2D eigenvalue weighted by atomic mass is 16.4. The smallest absolute Gasteiger partial charge is 0.329 e. The number of likely N-dealkylation sites (N-methyl/N-ethyl adjacent to an activating group) is 1. The molecular weight excluding hydrogens is 320 g/mol. The van der Waals surface area contributed by atoms with Crippen LogP contribution in [0.1, 0.15) is 53.8 Å². The molecule has 1 aliphatic carbocycles. The monoisotopic (exact) mass is 344 g/mol. The van der Waals surface area contributed by atoms with Crippen LogP contribution in [0.25, 0.3) is 11.0 Å². The van der Waals surface area contributed by atoms with E-state index in [-0.39, 0.29) is 5.91 Å². The number of pyridine rings is 1. The van der Waals surface area contributed by atoms with E-state index in [2.05, 4.69) is 10.1 Å². The Bertz CT molecular complexity index is 850. The molecule has 134 valence electrons. The third-order valence-corrected chi connectivity index (χ3v) is 5.35. The van der Waals surface area contributed by atoms with Crippen LogP contribution >= 0.6 is 0 Å². The van der Waals surface area contributed by atoms with E-state index in [1.165, 1.54) is 4.90 Å². The number of rotatable bonds is 3. The molecule has 1 fully saturated rings. The van der Waals surface area contributed by atoms with Crippen molar-refractivity contribution in [2.24, 2.45) is 7.05 Å². The fourth-order valence-corrected chi connectivity index (χ4v) is 3.94. The molecule has 0 aliphatic heterocycles. The Labute approximate surface area is 146 Å². The number of fused-ring (bicyclic) bond motifs is 1. The lowest BCUT2D eigenvalue weighted by Gasteiger charge is -2.41. The van der Waals surface area contributed by atoms with E-state index in [9.17, 15) is 14.7 Å². The SMILES string of the molecule is Cc1cc(C(=O)N(C)C2(C(=O)O)CCCCC2)c2c(C)nn(C)c2n1. The topological polar surface area (TPSA) is 88.3 Å². The van der Waals surface area contributed by atoms with Gasteiger partial charge in [-0.25, -0.2) is 9.78 Å². The van der Waals surface area contributed by atoms with Gasteiger partial charge in [0, 0.05) is 19.8 Å². The fourth-order valence-electron chi connectivity index (χ4n) is 3.94. The Morgan fingerprint density at radius 2 is 1.88 bits per heavy atom. The maximum absolute atomic E-state index is 13.3. The zero-order chi connectivity index (χ0) is 18.4. The van der Waals surface area contributed by atoms with Crippen LogP contribution in [0.4, 0.5) is 0 Å². The highest BCUT2D eigenvalue weighted by Crippen LogP contribution is 2.35. The molecule has 2 aromatic heterocycles. The van der Waals surface area contributed by atoms with Crippen molar-refractivity contribution in [3.8, 4) is 0 Å². The molecule has 0 saturated heterocycles.